The number of carboxylic acid groups (broad SMARTS) is 1. The van der Waals surface area contributed by atoms with Crippen LogP contribution in [-0.4, -0.2) is 30.8 Å². The number of nitro groups is 1. The van der Waals surface area contributed by atoms with Crippen LogP contribution >= 0.6 is 0 Å². The van der Waals surface area contributed by atoms with Crippen LogP contribution in [0.3, 0.4) is 0 Å². The van der Waals surface area contributed by atoms with Crippen molar-refractivity contribution >= 4 is 11.7 Å². The lowest BCUT2D eigenvalue weighted by atomic mass is 10.2. The Hall–Kier alpha value is -2.97. The van der Waals surface area contributed by atoms with Crippen LogP contribution in [0.2, 0.25) is 0 Å². The molecule has 2 aromatic rings. The van der Waals surface area contributed by atoms with Gasteiger partial charge in [-0.1, -0.05) is 6.92 Å². The summed E-state index contributed by atoms with van der Waals surface area (Å²) in [7, 11) is 0. The molecule has 0 atom stereocenters. The molecule has 0 aliphatic carbocycles. The highest BCUT2D eigenvalue weighted by molar-refractivity contribution is 5.91. The van der Waals surface area contributed by atoms with Gasteiger partial charge in [0.05, 0.1) is 17.3 Å². The largest absolute Gasteiger partial charge is 0.477 e. The van der Waals surface area contributed by atoms with Crippen LogP contribution in [0.4, 0.5) is 5.69 Å². The van der Waals surface area contributed by atoms with Crippen LogP contribution in [-0.2, 0) is 6.54 Å². The van der Waals surface area contributed by atoms with Gasteiger partial charge in [-0.05, 0) is 6.42 Å². The van der Waals surface area contributed by atoms with E-state index in [9.17, 15) is 14.9 Å². The average Bonchev–Trinajstić information content (AvgIpc) is 2.86. The van der Waals surface area contributed by atoms with E-state index in [2.05, 4.69) is 10.1 Å². The molecule has 0 bridgehead atoms. The Bertz CT molecular complexity index is 682. The summed E-state index contributed by atoms with van der Waals surface area (Å²) in [4.78, 5) is 24.7. The van der Waals surface area contributed by atoms with E-state index in [0.29, 0.717) is 12.3 Å². The normalized spacial score (nSPS) is 10.3. The number of aryl methyl sites for hydroxylation is 1. The first kappa shape index (κ1) is 14.4. The van der Waals surface area contributed by atoms with E-state index in [1.54, 1.807) is 10.9 Å². The molecule has 0 fully saturated rings. The van der Waals surface area contributed by atoms with Crippen LogP contribution in [0, 0.1) is 10.1 Å². The number of aromatic carboxylic acids is 1. The molecule has 0 unspecified atom stereocenters. The number of aromatic nitrogens is 3. The lowest BCUT2D eigenvalue weighted by Crippen LogP contribution is -2.03. The van der Waals surface area contributed by atoms with Gasteiger partial charge in [-0.3, -0.25) is 14.8 Å². The fourth-order valence-electron chi connectivity index (χ4n) is 1.64. The molecule has 21 heavy (non-hydrogen) atoms. The Morgan fingerprint density at radius 3 is 2.90 bits per heavy atom. The summed E-state index contributed by atoms with van der Waals surface area (Å²) >= 11 is 0. The summed E-state index contributed by atoms with van der Waals surface area (Å²) in [6, 6.07) is 0.904. The van der Waals surface area contributed by atoms with Crippen molar-refractivity contribution in [2.24, 2.45) is 0 Å². The molecule has 0 aliphatic heterocycles. The first-order chi connectivity index (χ1) is 10.0. The molecule has 9 nitrogen and oxygen atoms in total. The maximum absolute atomic E-state index is 11.1. The van der Waals surface area contributed by atoms with Crippen molar-refractivity contribution in [2.45, 2.75) is 19.9 Å². The number of nitrogens with zero attached hydrogens (tertiary/aromatic N) is 4. The minimum absolute atomic E-state index is 0.218. The zero-order valence-corrected chi connectivity index (χ0v) is 11.1. The topological polar surface area (TPSA) is 120 Å². The molecule has 0 saturated heterocycles. The highest BCUT2D eigenvalue weighted by Gasteiger charge is 2.19. The molecule has 0 amide bonds. The highest BCUT2D eigenvalue weighted by atomic mass is 16.6. The lowest BCUT2D eigenvalue weighted by Gasteiger charge is -2.05. The summed E-state index contributed by atoms with van der Waals surface area (Å²) < 4.78 is 6.97. The third kappa shape index (κ3) is 3.32. The van der Waals surface area contributed by atoms with Gasteiger partial charge in [-0.25, -0.2) is 9.78 Å². The third-order valence-electron chi connectivity index (χ3n) is 2.55. The molecule has 0 aromatic carbocycles. The van der Waals surface area contributed by atoms with E-state index in [1.807, 2.05) is 6.92 Å². The van der Waals surface area contributed by atoms with Crippen LogP contribution < -0.4 is 4.74 Å². The number of hydrogen-bond acceptors (Lipinski definition) is 6. The second kappa shape index (κ2) is 5.99. The number of carboxylic acids is 1. The van der Waals surface area contributed by atoms with Crippen molar-refractivity contribution in [3.8, 4) is 11.6 Å². The Morgan fingerprint density at radius 1 is 1.52 bits per heavy atom. The molecule has 0 radical (unpaired) electrons. The van der Waals surface area contributed by atoms with Crippen LogP contribution in [0.1, 0.15) is 23.7 Å². The summed E-state index contributed by atoms with van der Waals surface area (Å²) in [6.07, 6.45) is 4.85. The van der Waals surface area contributed by atoms with E-state index >= 15 is 0 Å². The van der Waals surface area contributed by atoms with Gasteiger partial charge in [0.2, 0.25) is 5.88 Å². The SMILES string of the molecule is CCCn1cc(Oc2ncc([N+](=O)[O-])cc2C(=O)O)cn1. The third-order valence-corrected chi connectivity index (χ3v) is 2.55. The smallest absolute Gasteiger partial charge is 0.341 e. The van der Waals surface area contributed by atoms with E-state index in [1.165, 1.54) is 6.20 Å². The maximum Gasteiger partial charge on any atom is 0.341 e. The summed E-state index contributed by atoms with van der Waals surface area (Å²) in [5.74, 6) is -1.27. The van der Waals surface area contributed by atoms with Crippen molar-refractivity contribution in [1.82, 2.24) is 14.8 Å². The molecule has 110 valence electrons. The fourth-order valence-corrected chi connectivity index (χ4v) is 1.64. The minimum Gasteiger partial charge on any atom is -0.477 e. The van der Waals surface area contributed by atoms with E-state index in [0.717, 1.165) is 18.7 Å². The van der Waals surface area contributed by atoms with Crippen molar-refractivity contribution in [2.75, 3.05) is 0 Å². The highest BCUT2D eigenvalue weighted by Crippen LogP contribution is 2.25. The van der Waals surface area contributed by atoms with Crippen LogP contribution in [0.15, 0.2) is 24.7 Å². The zero-order valence-electron chi connectivity index (χ0n) is 11.1. The lowest BCUT2D eigenvalue weighted by molar-refractivity contribution is -0.385. The van der Waals surface area contributed by atoms with Gasteiger partial charge < -0.3 is 9.84 Å². The molecule has 0 spiro atoms. The predicted octanol–water partition coefficient (Wildman–Crippen LogP) is 2.09. The van der Waals surface area contributed by atoms with Crippen LogP contribution in [0.25, 0.3) is 0 Å². The standard InChI is InChI=1S/C12H12N4O5/c1-2-3-15-7-9(6-14-15)21-11-10(12(17)18)4-8(5-13-11)16(19)20/h4-7H,2-3H2,1H3,(H,17,18). The molecule has 1 N–H and O–H groups in total. The Labute approximate surface area is 118 Å². The number of carbonyl (C=O) groups is 1. The van der Waals surface area contributed by atoms with Gasteiger partial charge in [-0.15, -0.1) is 0 Å². The first-order valence-corrected chi connectivity index (χ1v) is 6.09. The van der Waals surface area contributed by atoms with E-state index in [4.69, 9.17) is 9.84 Å². The first-order valence-electron chi connectivity index (χ1n) is 6.09. The van der Waals surface area contributed by atoms with Gasteiger partial charge in [0.1, 0.15) is 11.8 Å². The Kier molecular flexibility index (Phi) is 4.12. The molecule has 0 saturated carbocycles. The molecule has 2 aromatic heterocycles. The maximum atomic E-state index is 11.1. The summed E-state index contributed by atoms with van der Waals surface area (Å²) in [6.45, 7) is 2.69. The van der Waals surface area contributed by atoms with Crippen LogP contribution in [0.5, 0.6) is 11.6 Å². The Balaban J connectivity index is 2.29. The van der Waals surface area contributed by atoms with Crippen molar-refractivity contribution in [3.63, 3.8) is 0 Å². The van der Waals surface area contributed by atoms with Crippen molar-refractivity contribution in [1.29, 1.82) is 0 Å². The monoisotopic (exact) mass is 292 g/mol. The molecule has 2 heterocycles. The number of pyridine rings is 1. The minimum atomic E-state index is -1.36. The van der Waals surface area contributed by atoms with Gasteiger partial charge in [0.25, 0.3) is 5.69 Å². The molecular formula is C12H12N4O5. The number of rotatable bonds is 6. The zero-order chi connectivity index (χ0) is 15.4. The summed E-state index contributed by atoms with van der Waals surface area (Å²) in [5.41, 5.74) is -0.797. The van der Waals surface area contributed by atoms with Gasteiger partial charge >= 0.3 is 5.97 Å². The van der Waals surface area contributed by atoms with Gasteiger partial charge in [0, 0.05) is 12.6 Å². The summed E-state index contributed by atoms with van der Waals surface area (Å²) in [5, 5.41) is 23.7. The number of ether oxygens (including phenoxy) is 1. The molecule has 2 rings (SSSR count). The van der Waals surface area contributed by atoms with Gasteiger partial charge in [-0.2, -0.15) is 5.10 Å². The second-order valence-corrected chi connectivity index (χ2v) is 4.15. The van der Waals surface area contributed by atoms with Crippen molar-refractivity contribution < 1.29 is 19.6 Å². The van der Waals surface area contributed by atoms with E-state index in [-0.39, 0.29) is 11.4 Å². The second-order valence-electron chi connectivity index (χ2n) is 4.15. The molecule has 9 heteroatoms. The Morgan fingerprint density at radius 2 is 2.29 bits per heavy atom. The van der Waals surface area contributed by atoms with Gasteiger partial charge in [0.15, 0.2) is 5.75 Å². The molecular weight excluding hydrogens is 280 g/mol. The quantitative estimate of drug-likeness (QED) is 0.639. The molecule has 0 aliphatic rings. The van der Waals surface area contributed by atoms with E-state index < -0.39 is 16.6 Å². The average molecular weight is 292 g/mol. The number of hydrogen-bond donors (Lipinski definition) is 1. The predicted molar refractivity (Wildman–Crippen MR) is 70.4 cm³/mol. The fraction of sp³-hybridized carbons (Fsp3) is 0.250. The van der Waals surface area contributed by atoms with Crippen molar-refractivity contribution in [3.05, 3.63) is 40.3 Å².